The Labute approximate surface area is 192 Å². The molecule has 32 heavy (non-hydrogen) atoms. The van der Waals surface area contributed by atoms with Crippen LogP contribution in [0.4, 0.5) is 0 Å². The van der Waals surface area contributed by atoms with Gasteiger partial charge in [-0.25, -0.2) is 0 Å². The molecule has 1 amide bonds. The maximum absolute atomic E-state index is 12.6. The SMILES string of the molecule is C.CNCCNC(=O)c1ccccc1Sc1ccc2c(/C=C/c3ccccn3)n[nH]c2c1. The Kier molecular flexibility index (Phi) is 8.19. The Morgan fingerprint density at radius 2 is 1.91 bits per heavy atom. The van der Waals surface area contributed by atoms with Crippen LogP contribution in [-0.2, 0) is 0 Å². The maximum Gasteiger partial charge on any atom is 0.252 e. The van der Waals surface area contributed by atoms with E-state index in [9.17, 15) is 4.79 Å². The minimum Gasteiger partial charge on any atom is -0.351 e. The fourth-order valence-corrected chi connectivity index (χ4v) is 4.10. The zero-order valence-electron chi connectivity index (χ0n) is 17.1. The number of amides is 1. The molecule has 0 bridgehead atoms. The number of H-pyrrole nitrogens is 1. The Morgan fingerprint density at radius 1 is 1.06 bits per heavy atom. The number of aromatic amines is 1. The van der Waals surface area contributed by atoms with Crippen LogP contribution in [0, 0.1) is 0 Å². The van der Waals surface area contributed by atoms with Crippen LogP contribution in [0.25, 0.3) is 23.1 Å². The molecule has 0 unspecified atom stereocenters. The highest BCUT2D eigenvalue weighted by Gasteiger charge is 2.12. The van der Waals surface area contributed by atoms with E-state index in [0.29, 0.717) is 12.1 Å². The second-order valence-corrected chi connectivity index (χ2v) is 7.98. The van der Waals surface area contributed by atoms with E-state index in [1.807, 2.05) is 61.7 Å². The summed E-state index contributed by atoms with van der Waals surface area (Å²) in [5.41, 5.74) is 3.37. The molecular weight excluding hydrogens is 418 g/mol. The molecule has 2 aromatic carbocycles. The van der Waals surface area contributed by atoms with E-state index in [1.165, 1.54) is 0 Å². The van der Waals surface area contributed by atoms with Crippen molar-refractivity contribution in [2.45, 2.75) is 17.2 Å². The molecule has 0 fully saturated rings. The van der Waals surface area contributed by atoms with Gasteiger partial charge >= 0.3 is 0 Å². The molecule has 2 heterocycles. The first kappa shape index (κ1) is 23.2. The molecule has 6 nitrogen and oxygen atoms in total. The lowest BCUT2D eigenvalue weighted by Gasteiger charge is -2.10. The molecular formula is C25H27N5OS. The second-order valence-electron chi connectivity index (χ2n) is 6.86. The quantitative estimate of drug-likeness (QED) is 0.337. The molecule has 0 atom stereocenters. The zero-order valence-corrected chi connectivity index (χ0v) is 17.9. The number of hydrogen-bond donors (Lipinski definition) is 3. The molecule has 0 saturated carbocycles. The first-order chi connectivity index (χ1) is 15.2. The van der Waals surface area contributed by atoms with E-state index < -0.39 is 0 Å². The minimum absolute atomic E-state index is 0. The van der Waals surface area contributed by atoms with Gasteiger partial charge in [0.2, 0.25) is 0 Å². The van der Waals surface area contributed by atoms with Gasteiger partial charge in [0, 0.05) is 34.5 Å². The number of carbonyl (C=O) groups excluding carboxylic acids is 1. The lowest BCUT2D eigenvalue weighted by atomic mass is 10.2. The number of aromatic nitrogens is 3. The van der Waals surface area contributed by atoms with Gasteiger partial charge in [0.25, 0.3) is 5.91 Å². The van der Waals surface area contributed by atoms with Gasteiger partial charge in [-0.15, -0.1) is 0 Å². The Morgan fingerprint density at radius 3 is 2.72 bits per heavy atom. The normalized spacial score (nSPS) is 10.9. The highest BCUT2D eigenvalue weighted by atomic mass is 32.2. The third-order valence-electron chi connectivity index (χ3n) is 4.68. The average molecular weight is 446 g/mol. The summed E-state index contributed by atoms with van der Waals surface area (Å²) in [5, 5.41) is 14.5. The molecule has 4 rings (SSSR count). The number of likely N-dealkylation sites (N-methyl/N-ethyl adjacent to an activating group) is 1. The lowest BCUT2D eigenvalue weighted by Crippen LogP contribution is -2.30. The molecule has 0 aliphatic rings. The average Bonchev–Trinajstić information content (AvgIpc) is 3.21. The van der Waals surface area contributed by atoms with E-state index >= 15 is 0 Å². The first-order valence-corrected chi connectivity index (χ1v) is 10.8. The zero-order chi connectivity index (χ0) is 21.5. The number of rotatable bonds is 8. The van der Waals surface area contributed by atoms with Gasteiger partial charge in [0.1, 0.15) is 0 Å². The largest absolute Gasteiger partial charge is 0.351 e. The smallest absolute Gasteiger partial charge is 0.252 e. The third-order valence-corrected chi connectivity index (χ3v) is 5.75. The highest BCUT2D eigenvalue weighted by molar-refractivity contribution is 7.99. The monoisotopic (exact) mass is 445 g/mol. The van der Waals surface area contributed by atoms with Crippen LogP contribution in [0.2, 0.25) is 0 Å². The second kappa shape index (κ2) is 11.3. The van der Waals surface area contributed by atoms with Gasteiger partial charge in [0.15, 0.2) is 0 Å². The molecule has 0 spiro atoms. The first-order valence-electron chi connectivity index (χ1n) is 10.0. The van der Waals surface area contributed by atoms with E-state index in [1.54, 1.807) is 18.0 Å². The van der Waals surface area contributed by atoms with Crippen molar-refractivity contribution in [1.82, 2.24) is 25.8 Å². The van der Waals surface area contributed by atoms with Gasteiger partial charge in [-0.2, -0.15) is 5.10 Å². The van der Waals surface area contributed by atoms with E-state index in [4.69, 9.17) is 0 Å². The Balaban J connectivity index is 0.00000289. The number of carbonyl (C=O) groups is 1. The fraction of sp³-hybridized carbons (Fsp3) is 0.160. The number of nitrogens with one attached hydrogen (secondary N) is 3. The molecule has 0 aliphatic carbocycles. The van der Waals surface area contributed by atoms with Crippen molar-refractivity contribution >= 4 is 40.7 Å². The molecule has 3 N–H and O–H groups in total. The summed E-state index contributed by atoms with van der Waals surface area (Å²) in [5.74, 6) is -0.0667. The molecule has 0 saturated heterocycles. The van der Waals surface area contributed by atoms with Crippen molar-refractivity contribution in [3.63, 3.8) is 0 Å². The number of nitrogens with zero attached hydrogens (tertiary/aromatic N) is 2. The predicted molar refractivity (Wildman–Crippen MR) is 133 cm³/mol. The van der Waals surface area contributed by atoms with E-state index in [-0.39, 0.29) is 13.3 Å². The topological polar surface area (TPSA) is 82.7 Å². The van der Waals surface area contributed by atoms with Crippen molar-refractivity contribution in [3.8, 4) is 0 Å². The molecule has 7 heteroatoms. The summed E-state index contributed by atoms with van der Waals surface area (Å²) in [6, 6.07) is 19.6. The summed E-state index contributed by atoms with van der Waals surface area (Å²) >= 11 is 1.56. The maximum atomic E-state index is 12.6. The fourth-order valence-electron chi connectivity index (χ4n) is 3.12. The molecule has 0 aliphatic heterocycles. The van der Waals surface area contributed by atoms with E-state index in [2.05, 4.69) is 44.0 Å². The number of fused-ring (bicyclic) bond motifs is 1. The van der Waals surface area contributed by atoms with Gasteiger partial charge in [-0.05, 0) is 61.7 Å². The van der Waals surface area contributed by atoms with Crippen molar-refractivity contribution < 1.29 is 4.79 Å². The number of pyridine rings is 1. The summed E-state index contributed by atoms with van der Waals surface area (Å²) in [6.07, 6.45) is 5.67. The molecule has 4 aromatic rings. The van der Waals surface area contributed by atoms with Crippen LogP contribution in [0.1, 0.15) is 29.2 Å². The van der Waals surface area contributed by atoms with Gasteiger partial charge in [-0.1, -0.05) is 37.4 Å². The van der Waals surface area contributed by atoms with Crippen LogP contribution in [0.5, 0.6) is 0 Å². The van der Waals surface area contributed by atoms with Crippen molar-refractivity contribution in [3.05, 3.63) is 83.8 Å². The van der Waals surface area contributed by atoms with Crippen LogP contribution >= 0.6 is 11.8 Å². The lowest BCUT2D eigenvalue weighted by molar-refractivity contribution is 0.0951. The van der Waals surface area contributed by atoms with Crippen LogP contribution in [-0.4, -0.2) is 41.2 Å². The molecule has 2 aromatic heterocycles. The summed E-state index contributed by atoms with van der Waals surface area (Å²) in [7, 11) is 1.86. The minimum atomic E-state index is -0.0667. The van der Waals surface area contributed by atoms with E-state index in [0.717, 1.165) is 38.6 Å². The van der Waals surface area contributed by atoms with Crippen molar-refractivity contribution in [1.29, 1.82) is 0 Å². The predicted octanol–water partition coefficient (Wildman–Crippen LogP) is 4.86. The standard InChI is InChI=1S/C24H23N5OS.CH4/c1-25-14-15-27-24(30)20-7-2-3-8-23(20)31-18-10-11-19-21(28-29-22(19)16-18)12-9-17-6-4-5-13-26-17;/h2-13,16,25H,14-15H2,1H3,(H,27,30)(H,28,29);1H4/b12-9+;. The molecule has 0 radical (unpaired) electrons. The molecule has 164 valence electrons. The summed E-state index contributed by atoms with van der Waals surface area (Å²) < 4.78 is 0. The summed E-state index contributed by atoms with van der Waals surface area (Å²) in [4.78, 5) is 18.8. The third kappa shape index (κ3) is 5.63. The van der Waals surface area contributed by atoms with Crippen molar-refractivity contribution in [2.24, 2.45) is 0 Å². The summed E-state index contributed by atoms with van der Waals surface area (Å²) in [6.45, 7) is 1.32. The highest BCUT2D eigenvalue weighted by Crippen LogP contribution is 2.32. The van der Waals surface area contributed by atoms with Gasteiger partial charge in [-0.3, -0.25) is 14.9 Å². The van der Waals surface area contributed by atoms with Crippen LogP contribution in [0.15, 0.2) is 76.7 Å². The van der Waals surface area contributed by atoms with Gasteiger partial charge in [0.05, 0.1) is 22.5 Å². The number of benzene rings is 2. The van der Waals surface area contributed by atoms with Gasteiger partial charge < -0.3 is 10.6 Å². The van der Waals surface area contributed by atoms with Crippen LogP contribution in [0.3, 0.4) is 0 Å². The van der Waals surface area contributed by atoms with Crippen molar-refractivity contribution in [2.75, 3.05) is 20.1 Å². The Bertz CT molecular complexity index is 1200. The van der Waals surface area contributed by atoms with Crippen LogP contribution < -0.4 is 10.6 Å². The Hall–Kier alpha value is -3.42. The number of hydrogen-bond acceptors (Lipinski definition) is 5.